The smallest absolute Gasteiger partial charge is 0.241 e. The number of aryl methyl sites for hydroxylation is 2. The average Bonchev–Trinajstić information content (AvgIpc) is 2.47. The van der Waals surface area contributed by atoms with Crippen LogP contribution in [-0.4, -0.2) is 15.5 Å². The fraction of sp³-hybridized carbons (Fsp3) is 0.294. The van der Waals surface area contributed by atoms with Crippen LogP contribution in [0.3, 0.4) is 0 Å². The van der Waals surface area contributed by atoms with Crippen LogP contribution in [0.15, 0.2) is 47.4 Å². The van der Waals surface area contributed by atoms with Gasteiger partial charge in [-0.25, -0.2) is 13.1 Å². The van der Waals surface area contributed by atoms with Crippen molar-refractivity contribution < 1.29 is 13.2 Å². The Hall–Kier alpha value is -1.85. The monoisotopic (exact) mass is 319 g/mol. The summed E-state index contributed by atoms with van der Waals surface area (Å²) in [4.78, 5) is 0.241. The van der Waals surface area contributed by atoms with E-state index in [9.17, 15) is 8.42 Å². The Labute approximate surface area is 132 Å². The molecule has 0 aliphatic rings. The Morgan fingerprint density at radius 2 is 1.68 bits per heavy atom. The molecule has 0 saturated heterocycles. The maximum atomic E-state index is 12.5. The van der Waals surface area contributed by atoms with Gasteiger partial charge in [-0.15, -0.1) is 0 Å². The van der Waals surface area contributed by atoms with Crippen molar-refractivity contribution in [1.82, 2.24) is 4.72 Å². The molecule has 0 unspecified atom stereocenters. The van der Waals surface area contributed by atoms with Crippen molar-refractivity contribution in [3.8, 4) is 5.75 Å². The molecule has 0 saturated carbocycles. The Morgan fingerprint density at radius 1 is 1.05 bits per heavy atom. The molecule has 0 aliphatic carbocycles. The largest absolute Gasteiger partial charge is 0.496 e. The molecule has 0 aromatic heterocycles. The number of rotatable bonds is 5. The standard InChI is InChI=1S/C17H21NO3S/c1-12-5-7-15(8-6-12)14(3)18-22(19,20)16-9-10-17(21-4)13(2)11-16/h5-11,14,18H,1-4H3/t14-/m1/s1. The number of nitrogens with one attached hydrogen (secondary N) is 1. The Morgan fingerprint density at radius 3 is 2.23 bits per heavy atom. The Kier molecular flexibility index (Phi) is 4.88. The van der Waals surface area contributed by atoms with Gasteiger partial charge in [0.1, 0.15) is 5.75 Å². The van der Waals surface area contributed by atoms with Crippen molar-refractivity contribution >= 4 is 10.0 Å². The summed E-state index contributed by atoms with van der Waals surface area (Å²) in [6, 6.07) is 12.3. The molecule has 0 amide bonds. The number of benzene rings is 2. The predicted octanol–water partition coefficient (Wildman–Crippen LogP) is 3.35. The minimum Gasteiger partial charge on any atom is -0.496 e. The molecule has 0 spiro atoms. The summed E-state index contributed by atoms with van der Waals surface area (Å²) in [5.74, 6) is 0.672. The molecule has 2 aromatic carbocycles. The topological polar surface area (TPSA) is 55.4 Å². The van der Waals surface area contributed by atoms with E-state index < -0.39 is 10.0 Å². The summed E-state index contributed by atoms with van der Waals surface area (Å²) >= 11 is 0. The number of hydrogen-bond acceptors (Lipinski definition) is 3. The molecule has 0 aliphatic heterocycles. The number of sulfonamides is 1. The molecule has 2 rings (SSSR count). The average molecular weight is 319 g/mol. The lowest BCUT2D eigenvalue weighted by Gasteiger charge is -2.15. The third-order valence-electron chi connectivity index (χ3n) is 3.59. The van der Waals surface area contributed by atoms with E-state index in [-0.39, 0.29) is 10.9 Å². The first-order valence-corrected chi connectivity index (χ1v) is 8.55. The molecule has 1 atom stereocenters. The van der Waals surface area contributed by atoms with E-state index in [1.54, 1.807) is 25.3 Å². The molecular formula is C17H21NO3S. The van der Waals surface area contributed by atoms with Gasteiger partial charge in [-0.1, -0.05) is 29.8 Å². The van der Waals surface area contributed by atoms with Crippen molar-refractivity contribution in [1.29, 1.82) is 0 Å². The maximum absolute atomic E-state index is 12.5. The molecule has 0 heterocycles. The second kappa shape index (κ2) is 6.50. The Bertz CT molecular complexity index is 752. The molecule has 5 heteroatoms. The lowest BCUT2D eigenvalue weighted by Crippen LogP contribution is -2.27. The molecule has 0 radical (unpaired) electrons. The van der Waals surface area contributed by atoms with E-state index in [1.807, 2.05) is 45.0 Å². The number of methoxy groups -OCH3 is 1. The highest BCUT2D eigenvalue weighted by atomic mass is 32.2. The summed E-state index contributed by atoms with van der Waals surface area (Å²) < 4.78 is 32.8. The molecule has 2 aromatic rings. The fourth-order valence-corrected chi connectivity index (χ4v) is 3.56. The highest BCUT2D eigenvalue weighted by molar-refractivity contribution is 7.89. The van der Waals surface area contributed by atoms with Gasteiger partial charge in [0.25, 0.3) is 0 Å². The quantitative estimate of drug-likeness (QED) is 0.919. The van der Waals surface area contributed by atoms with Gasteiger partial charge in [-0.3, -0.25) is 0 Å². The molecule has 1 N–H and O–H groups in total. The van der Waals surface area contributed by atoms with E-state index >= 15 is 0 Å². The van der Waals surface area contributed by atoms with Crippen LogP contribution in [0.1, 0.15) is 29.7 Å². The van der Waals surface area contributed by atoms with Crippen molar-refractivity contribution in [2.24, 2.45) is 0 Å². The SMILES string of the molecule is COc1ccc(S(=O)(=O)N[C@H](C)c2ccc(C)cc2)cc1C. The van der Waals surface area contributed by atoms with E-state index in [0.29, 0.717) is 5.75 Å². The van der Waals surface area contributed by atoms with Crippen LogP contribution in [-0.2, 0) is 10.0 Å². The summed E-state index contributed by atoms with van der Waals surface area (Å²) in [6.07, 6.45) is 0. The molecular weight excluding hydrogens is 298 g/mol. The van der Waals surface area contributed by atoms with Crippen LogP contribution in [0.2, 0.25) is 0 Å². The molecule has 4 nitrogen and oxygen atoms in total. The van der Waals surface area contributed by atoms with E-state index in [2.05, 4.69) is 4.72 Å². The number of ether oxygens (including phenoxy) is 1. The first-order valence-electron chi connectivity index (χ1n) is 7.07. The third kappa shape index (κ3) is 3.67. The molecule has 0 bridgehead atoms. The zero-order valence-electron chi connectivity index (χ0n) is 13.3. The maximum Gasteiger partial charge on any atom is 0.241 e. The van der Waals surface area contributed by atoms with Gasteiger partial charge in [-0.05, 0) is 50.1 Å². The summed E-state index contributed by atoms with van der Waals surface area (Å²) in [5, 5.41) is 0. The zero-order valence-corrected chi connectivity index (χ0v) is 14.1. The summed E-state index contributed by atoms with van der Waals surface area (Å²) in [6.45, 7) is 5.65. The van der Waals surface area contributed by atoms with Crippen LogP contribution in [0.25, 0.3) is 0 Å². The fourth-order valence-electron chi connectivity index (χ4n) is 2.24. The third-order valence-corrected chi connectivity index (χ3v) is 5.12. The zero-order chi connectivity index (χ0) is 16.3. The van der Waals surface area contributed by atoms with Crippen LogP contribution < -0.4 is 9.46 Å². The predicted molar refractivity (Wildman–Crippen MR) is 87.6 cm³/mol. The first-order chi connectivity index (χ1) is 10.3. The first kappa shape index (κ1) is 16.5. The van der Waals surface area contributed by atoms with Crippen LogP contribution >= 0.6 is 0 Å². The van der Waals surface area contributed by atoms with Gasteiger partial charge < -0.3 is 4.74 Å². The van der Waals surface area contributed by atoms with Gasteiger partial charge in [0.2, 0.25) is 10.0 Å². The van der Waals surface area contributed by atoms with Gasteiger partial charge in [0, 0.05) is 6.04 Å². The summed E-state index contributed by atoms with van der Waals surface area (Å²) in [7, 11) is -2.01. The van der Waals surface area contributed by atoms with Gasteiger partial charge in [0.05, 0.1) is 12.0 Å². The minimum atomic E-state index is -3.57. The van der Waals surface area contributed by atoms with Crippen molar-refractivity contribution in [3.63, 3.8) is 0 Å². The second-order valence-corrected chi connectivity index (χ2v) is 7.10. The summed E-state index contributed by atoms with van der Waals surface area (Å²) in [5.41, 5.74) is 2.86. The van der Waals surface area contributed by atoms with E-state index in [0.717, 1.165) is 16.7 Å². The van der Waals surface area contributed by atoms with Crippen molar-refractivity contribution in [2.75, 3.05) is 7.11 Å². The van der Waals surface area contributed by atoms with Crippen LogP contribution in [0, 0.1) is 13.8 Å². The van der Waals surface area contributed by atoms with Gasteiger partial charge >= 0.3 is 0 Å². The molecule has 118 valence electrons. The molecule has 22 heavy (non-hydrogen) atoms. The Balaban J connectivity index is 2.23. The molecule has 0 fully saturated rings. The van der Waals surface area contributed by atoms with Crippen molar-refractivity contribution in [2.45, 2.75) is 31.7 Å². The normalized spacial score (nSPS) is 12.9. The van der Waals surface area contributed by atoms with Gasteiger partial charge in [-0.2, -0.15) is 0 Å². The minimum absolute atomic E-state index is 0.241. The van der Waals surface area contributed by atoms with Crippen LogP contribution in [0.4, 0.5) is 0 Å². The lowest BCUT2D eigenvalue weighted by atomic mass is 10.1. The van der Waals surface area contributed by atoms with Crippen molar-refractivity contribution in [3.05, 3.63) is 59.2 Å². The van der Waals surface area contributed by atoms with Crippen LogP contribution in [0.5, 0.6) is 5.75 Å². The number of hydrogen-bond donors (Lipinski definition) is 1. The van der Waals surface area contributed by atoms with E-state index in [4.69, 9.17) is 4.74 Å². The lowest BCUT2D eigenvalue weighted by molar-refractivity contribution is 0.411. The van der Waals surface area contributed by atoms with Gasteiger partial charge in [0.15, 0.2) is 0 Å². The highest BCUT2D eigenvalue weighted by Crippen LogP contribution is 2.23. The van der Waals surface area contributed by atoms with E-state index in [1.165, 1.54) is 0 Å². The highest BCUT2D eigenvalue weighted by Gasteiger charge is 2.19. The second-order valence-electron chi connectivity index (χ2n) is 5.39.